The number of rotatable bonds is 7. The maximum absolute atomic E-state index is 14.0. The zero-order valence-corrected chi connectivity index (χ0v) is 19.4. The lowest BCUT2D eigenvalue weighted by atomic mass is 10.2. The molecule has 182 valence electrons. The van der Waals surface area contributed by atoms with E-state index >= 15 is 0 Å². The Kier molecular flexibility index (Phi) is 6.87. The summed E-state index contributed by atoms with van der Waals surface area (Å²) < 4.78 is 57.6. The van der Waals surface area contributed by atoms with Crippen molar-refractivity contribution in [1.82, 2.24) is 0 Å². The number of carbonyl (C=O) groups excluding carboxylic acids is 2. The summed E-state index contributed by atoms with van der Waals surface area (Å²) in [5.41, 5.74) is 0.173. The van der Waals surface area contributed by atoms with E-state index < -0.39 is 34.3 Å². The molecule has 0 aliphatic carbocycles. The number of nitrogens with zero attached hydrogens (tertiary/aromatic N) is 1. The van der Waals surface area contributed by atoms with Crippen LogP contribution in [-0.2, 0) is 19.6 Å². The van der Waals surface area contributed by atoms with Gasteiger partial charge in [-0.2, -0.15) is 0 Å². The minimum absolute atomic E-state index is 0.0590. The van der Waals surface area contributed by atoms with Crippen molar-refractivity contribution in [3.63, 3.8) is 0 Å². The molecule has 0 saturated carbocycles. The summed E-state index contributed by atoms with van der Waals surface area (Å²) in [5.74, 6) is -1.47. The normalized spacial score (nSPS) is 12.5. The van der Waals surface area contributed by atoms with Gasteiger partial charge in [0.2, 0.25) is 5.91 Å². The quantitative estimate of drug-likeness (QED) is 0.496. The molecular weight excluding hydrogens is 479 g/mol. The highest BCUT2D eigenvalue weighted by Gasteiger charge is 2.29. The molecule has 0 atom stereocenters. The van der Waals surface area contributed by atoms with Crippen LogP contribution in [0.15, 0.2) is 71.6 Å². The van der Waals surface area contributed by atoms with E-state index in [2.05, 4.69) is 5.32 Å². The van der Waals surface area contributed by atoms with Gasteiger partial charge in [-0.3, -0.25) is 9.10 Å². The number of hydrogen-bond donors (Lipinski definition) is 1. The smallest absolute Gasteiger partial charge is 0.339 e. The van der Waals surface area contributed by atoms with E-state index in [1.54, 1.807) is 12.1 Å². The standard InChI is InChI=1S/C24H21FN2O7S/c1-32-24(29)19-7-2-3-8-20(19)26-23(28)15-27(17-6-4-5-16(25)13-17)35(30,31)18-9-10-21-22(14-18)34-12-11-33-21/h2-10,13-14H,11-12,15H2,1H3,(H,26,28). The van der Waals surface area contributed by atoms with Crippen LogP contribution in [0.1, 0.15) is 10.4 Å². The van der Waals surface area contributed by atoms with Crippen molar-refractivity contribution in [1.29, 1.82) is 0 Å². The van der Waals surface area contributed by atoms with Crippen LogP contribution < -0.4 is 19.1 Å². The number of hydrogen-bond acceptors (Lipinski definition) is 7. The van der Waals surface area contributed by atoms with Crippen LogP contribution in [0.2, 0.25) is 0 Å². The second kappa shape index (κ2) is 10.0. The Morgan fingerprint density at radius 3 is 2.49 bits per heavy atom. The van der Waals surface area contributed by atoms with Gasteiger partial charge in [-0.15, -0.1) is 0 Å². The number of fused-ring (bicyclic) bond motifs is 1. The van der Waals surface area contributed by atoms with Crippen molar-refractivity contribution in [3.05, 3.63) is 78.1 Å². The molecule has 0 saturated heterocycles. The van der Waals surface area contributed by atoms with E-state index in [4.69, 9.17) is 14.2 Å². The van der Waals surface area contributed by atoms with E-state index in [1.165, 1.54) is 49.6 Å². The minimum atomic E-state index is -4.34. The Hall–Kier alpha value is -4.12. The third-order valence-electron chi connectivity index (χ3n) is 5.09. The molecule has 1 heterocycles. The van der Waals surface area contributed by atoms with Crippen LogP contribution in [0.5, 0.6) is 11.5 Å². The summed E-state index contributed by atoms with van der Waals surface area (Å²) >= 11 is 0. The lowest BCUT2D eigenvalue weighted by molar-refractivity contribution is -0.114. The number of carbonyl (C=O) groups is 2. The molecular formula is C24H21FN2O7S. The van der Waals surface area contributed by atoms with Crippen molar-refractivity contribution in [2.75, 3.05) is 36.5 Å². The lowest BCUT2D eigenvalue weighted by Crippen LogP contribution is -2.38. The molecule has 35 heavy (non-hydrogen) atoms. The first-order valence-corrected chi connectivity index (χ1v) is 11.9. The van der Waals surface area contributed by atoms with Gasteiger partial charge in [0.05, 0.1) is 28.9 Å². The highest BCUT2D eigenvalue weighted by atomic mass is 32.2. The maximum Gasteiger partial charge on any atom is 0.339 e. The van der Waals surface area contributed by atoms with Gasteiger partial charge in [0.15, 0.2) is 11.5 Å². The summed E-state index contributed by atoms with van der Waals surface area (Å²) in [6.45, 7) is -0.108. The van der Waals surface area contributed by atoms with Gasteiger partial charge >= 0.3 is 5.97 Å². The van der Waals surface area contributed by atoms with E-state index in [0.717, 1.165) is 16.4 Å². The molecule has 1 N–H and O–H groups in total. The number of para-hydroxylation sites is 1. The van der Waals surface area contributed by atoms with Gasteiger partial charge in [0, 0.05) is 6.07 Å². The van der Waals surface area contributed by atoms with E-state index in [0.29, 0.717) is 12.4 Å². The number of methoxy groups -OCH3 is 1. The van der Waals surface area contributed by atoms with Crippen LogP contribution >= 0.6 is 0 Å². The molecule has 0 radical (unpaired) electrons. The highest BCUT2D eigenvalue weighted by Crippen LogP contribution is 2.34. The average Bonchev–Trinajstić information content (AvgIpc) is 2.86. The fourth-order valence-electron chi connectivity index (χ4n) is 3.46. The van der Waals surface area contributed by atoms with Gasteiger partial charge in [0.25, 0.3) is 10.0 Å². The van der Waals surface area contributed by atoms with E-state index in [1.807, 2.05) is 0 Å². The predicted octanol–water partition coefficient (Wildman–Crippen LogP) is 3.22. The van der Waals surface area contributed by atoms with Gasteiger partial charge < -0.3 is 19.5 Å². The van der Waals surface area contributed by atoms with Gasteiger partial charge in [0.1, 0.15) is 25.6 Å². The van der Waals surface area contributed by atoms with Gasteiger partial charge in [-0.25, -0.2) is 17.6 Å². The summed E-state index contributed by atoms with van der Waals surface area (Å²) in [6.07, 6.45) is 0. The molecule has 1 amide bonds. The van der Waals surface area contributed by atoms with Crippen molar-refractivity contribution in [3.8, 4) is 11.5 Å². The largest absolute Gasteiger partial charge is 0.486 e. The Bertz CT molecular complexity index is 1380. The maximum atomic E-state index is 14.0. The molecule has 9 nitrogen and oxygen atoms in total. The number of amides is 1. The highest BCUT2D eigenvalue weighted by molar-refractivity contribution is 7.92. The molecule has 3 aromatic rings. The second-order valence-electron chi connectivity index (χ2n) is 7.38. The molecule has 0 unspecified atom stereocenters. The van der Waals surface area contributed by atoms with Crippen molar-refractivity contribution in [2.24, 2.45) is 0 Å². The Morgan fingerprint density at radius 1 is 1.00 bits per heavy atom. The first kappa shape index (κ1) is 24.0. The van der Waals surface area contributed by atoms with Crippen molar-refractivity contribution < 1.29 is 36.6 Å². The van der Waals surface area contributed by atoms with Crippen LogP contribution in [0.25, 0.3) is 0 Å². The third-order valence-corrected chi connectivity index (χ3v) is 6.86. The molecule has 0 spiro atoms. The second-order valence-corrected chi connectivity index (χ2v) is 9.24. The first-order valence-electron chi connectivity index (χ1n) is 10.4. The number of esters is 1. The van der Waals surface area contributed by atoms with Crippen molar-refractivity contribution in [2.45, 2.75) is 4.90 Å². The number of halogens is 1. The molecule has 11 heteroatoms. The molecule has 3 aromatic carbocycles. The Morgan fingerprint density at radius 2 is 1.74 bits per heavy atom. The molecule has 1 aliphatic heterocycles. The monoisotopic (exact) mass is 500 g/mol. The number of nitrogens with one attached hydrogen (secondary N) is 1. The number of benzene rings is 3. The molecule has 0 aromatic heterocycles. The average molecular weight is 501 g/mol. The van der Waals surface area contributed by atoms with Crippen molar-refractivity contribution >= 4 is 33.3 Å². The van der Waals surface area contributed by atoms with E-state index in [9.17, 15) is 22.4 Å². The predicted molar refractivity (Wildman–Crippen MR) is 125 cm³/mol. The zero-order valence-electron chi connectivity index (χ0n) is 18.6. The van der Waals surface area contributed by atoms with Crippen LogP contribution in [0, 0.1) is 5.82 Å². The molecule has 4 rings (SSSR count). The lowest BCUT2D eigenvalue weighted by Gasteiger charge is -2.25. The fourth-order valence-corrected chi connectivity index (χ4v) is 4.89. The Balaban J connectivity index is 1.68. The number of ether oxygens (including phenoxy) is 3. The number of anilines is 2. The Labute approximate surface area is 201 Å². The third kappa shape index (κ3) is 5.19. The molecule has 0 bridgehead atoms. The van der Waals surface area contributed by atoms with Crippen LogP contribution in [0.4, 0.5) is 15.8 Å². The SMILES string of the molecule is COC(=O)c1ccccc1NC(=O)CN(c1cccc(F)c1)S(=O)(=O)c1ccc2c(c1)OCCO2. The first-order chi connectivity index (χ1) is 16.8. The summed E-state index contributed by atoms with van der Waals surface area (Å²) in [4.78, 5) is 24.8. The van der Waals surface area contributed by atoms with Gasteiger partial charge in [-0.1, -0.05) is 18.2 Å². The summed E-state index contributed by atoms with van der Waals surface area (Å²) in [7, 11) is -3.14. The summed E-state index contributed by atoms with van der Waals surface area (Å²) in [6, 6.07) is 15.1. The van der Waals surface area contributed by atoms with Crippen LogP contribution in [-0.4, -0.2) is 47.2 Å². The minimum Gasteiger partial charge on any atom is -0.486 e. The van der Waals surface area contributed by atoms with Crippen LogP contribution in [0.3, 0.4) is 0 Å². The molecule has 1 aliphatic rings. The fraction of sp³-hybridized carbons (Fsp3) is 0.167. The van der Waals surface area contributed by atoms with Gasteiger partial charge in [-0.05, 0) is 42.5 Å². The topological polar surface area (TPSA) is 111 Å². The van der Waals surface area contributed by atoms with E-state index in [-0.39, 0.29) is 34.2 Å². The number of sulfonamides is 1. The zero-order chi connectivity index (χ0) is 25.0. The molecule has 0 fully saturated rings. The summed E-state index contributed by atoms with van der Waals surface area (Å²) in [5, 5.41) is 2.53.